The van der Waals surface area contributed by atoms with Crippen molar-refractivity contribution in [2.75, 3.05) is 0 Å². The Morgan fingerprint density at radius 2 is 2.12 bits per heavy atom. The van der Waals surface area contributed by atoms with E-state index in [1.54, 1.807) is 0 Å². The van der Waals surface area contributed by atoms with E-state index in [2.05, 4.69) is 4.99 Å². The lowest BCUT2D eigenvalue weighted by atomic mass is 9.99. The van der Waals surface area contributed by atoms with Gasteiger partial charge in [0.2, 0.25) is 0 Å². The van der Waals surface area contributed by atoms with Crippen LogP contribution in [0.1, 0.15) is 18.4 Å². The average Bonchev–Trinajstić information content (AvgIpc) is 3.08. The lowest BCUT2D eigenvalue weighted by Gasteiger charge is -2.15. The van der Waals surface area contributed by atoms with Gasteiger partial charge in [0.25, 0.3) is 0 Å². The van der Waals surface area contributed by atoms with E-state index in [9.17, 15) is 4.39 Å². The van der Waals surface area contributed by atoms with Gasteiger partial charge in [-0.15, -0.1) is 0 Å². The predicted molar refractivity (Wildman–Crippen MR) is 63.4 cm³/mol. The fourth-order valence-electron chi connectivity index (χ4n) is 2.35. The van der Waals surface area contributed by atoms with Crippen molar-refractivity contribution in [3.8, 4) is 0 Å². The van der Waals surface area contributed by atoms with Gasteiger partial charge >= 0.3 is 0 Å². The van der Waals surface area contributed by atoms with Gasteiger partial charge < -0.3 is 10.5 Å². The number of ether oxygens (including phenoxy) is 1. The molecule has 0 saturated carbocycles. The van der Waals surface area contributed by atoms with Crippen LogP contribution in [0.15, 0.2) is 29.3 Å². The molecule has 2 aliphatic heterocycles. The highest BCUT2D eigenvalue weighted by atomic mass is 19.1. The summed E-state index contributed by atoms with van der Waals surface area (Å²) in [5, 5.41) is 0. The summed E-state index contributed by atoms with van der Waals surface area (Å²) in [5.41, 5.74) is 6.91. The van der Waals surface area contributed by atoms with Gasteiger partial charge in [-0.1, -0.05) is 12.1 Å². The summed E-state index contributed by atoms with van der Waals surface area (Å²) in [6.45, 7) is 0. The summed E-state index contributed by atoms with van der Waals surface area (Å²) in [6.07, 6.45) is 3.20. The molecule has 2 N–H and O–H groups in total. The number of aryl methyl sites for hydroxylation is 1. The van der Waals surface area contributed by atoms with E-state index in [0.29, 0.717) is 11.9 Å². The first kappa shape index (κ1) is 10.7. The lowest BCUT2D eigenvalue weighted by molar-refractivity contribution is 0.374. The highest BCUT2D eigenvalue weighted by molar-refractivity contribution is 5.88. The van der Waals surface area contributed by atoms with E-state index < -0.39 is 0 Å². The molecular formula is C13H15FN2O. The van der Waals surface area contributed by atoms with Crippen LogP contribution in [-0.4, -0.2) is 24.1 Å². The Morgan fingerprint density at radius 3 is 2.82 bits per heavy atom. The molecule has 1 aromatic carbocycles. The average molecular weight is 234 g/mol. The van der Waals surface area contributed by atoms with Crippen molar-refractivity contribution < 1.29 is 9.13 Å². The largest absolute Gasteiger partial charge is 0.385 e. The SMILES string of the molecule is NC1=N[C@@H](CCc2ccc(F)cc2)CC2OC12. The van der Waals surface area contributed by atoms with Crippen LogP contribution in [0.3, 0.4) is 0 Å². The molecule has 17 heavy (non-hydrogen) atoms. The van der Waals surface area contributed by atoms with Crippen LogP contribution in [0.5, 0.6) is 0 Å². The second kappa shape index (κ2) is 4.11. The summed E-state index contributed by atoms with van der Waals surface area (Å²) < 4.78 is 18.1. The fourth-order valence-corrected chi connectivity index (χ4v) is 2.35. The van der Waals surface area contributed by atoms with Crippen molar-refractivity contribution in [2.45, 2.75) is 37.5 Å². The first-order chi connectivity index (χ1) is 8.22. The number of halogens is 1. The Hall–Kier alpha value is -1.42. The molecule has 90 valence electrons. The third-order valence-electron chi connectivity index (χ3n) is 3.39. The van der Waals surface area contributed by atoms with Gasteiger partial charge in [0.15, 0.2) is 0 Å². The third kappa shape index (κ3) is 2.31. The van der Waals surface area contributed by atoms with Gasteiger partial charge in [-0.05, 0) is 37.0 Å². The molecule has 2 heterocycles. The van der Waals surface area contributed by atoms with Gasteiger partial charge in [0.1, 0.15) is 17.8 Å². The van der Waals surface area contributed by atoms with Crippen molar-refractivity contribution >= 4 is 5.84 Å². The molecule has 0 spiro atoms. The standard InChI is InChI=1S/C13H15FN2O/c14-9-4-1-8(2-5-9)3-6-10-7-11-12(17-11)13(15)16-10/h1-2,4-5,10-12H,3,6-7H2,(H2,15,16)/t10-,11?,12?/m0/s1. The summed E-state index contributed by atoms with van der Waals surface area (Å²) in [4.78, 5) is 4.43. The minimum Gasteiger partial charge on any atom is -0.385 e. The van der Waals surface area contributed by atoms with Crippen molar-refractivity contribution in [1.82, 2.24) is 0 Å². The maximum Gasteiger partial charge on any atom is 0.141 e. The van der Waals surface area contributed by atoms with Crippen molar-refractivity contribution in [1.29, 1.82) is 0 Å². The Kier molecular flexibility index (Phi) is 2.59. The van der Waals surface area contributed by atoms with E-state index in [4.69, 9.17) is 10.5 Å². The summed E-state index contributed by atoms with van der Waals surface area (Å²) in [7, 11) is 0. The van der Waals surface area contributed by atoms with Crippen LogP contribution in [0, 0.1) is 5.82 Å². The number of rotatable bonds is 3. The van der Waals surface area contributed by atoms with Crippen LogP contribution < -0.4 is 5.73 Å². The molecule has 2 unspecified atom stereocenters. The quantitative estimate of drug-likeness (QED) is 0.808. The molecule has 0 aliphatic carbocycles. The van der Waals surface area contributed by atoms with Gasteiger partial charge in [0.05, 0.1) is 12.1 Å². The van der Waals surface area contributed by atoms with Gasteiger partial charge in [0, 0.05) is 0 Å². The molecule has 0 radical (unpaired) electrons. The molecule has 3 rings (SSSR count). The number of hydrogen-bond acceptors (Lipinski definition) is 3. The minimum atomic E-state index is -0.192. The smallest absolute Gasteiger partial charge is 0.141 e. The minimum absolute atomic E-state index is 0.0945. The molecular weight excluding hydrogens is 219 g/mol. The van der Waals surface area contributed by atoms with Crippen LogP contribution >= 0.6 is 0 Å². The number of hydrogen-bond donors (Lipinski definition) is 1. The van der Waals surface area contributed by atoms with Crippen molar-refractivity contribution in [3.05, 3.63) is 35.6 Å². The maximum absolute atomic E-state index is 12.7. The van der Waals surface area contributed by atoms with Crippen LogP contribution in [0.25, 0.3) is 0 Å². The molecule has 0 aromatic heterocycles. The molecule has 0 amide bonds. The zero-order valence-electron chi connectivity index (χ0n) is 9.47. The predicted octanol–water partition coefficient (Wildman–Crippen LogP) is 1.66. The second-order valence-corrected chi connectivity index (χ2v) is 4.70. The van der Waals surface area contributed by atoms with Crippen molar-refractivity contribution in [2.24, 2.45) is 10.7 Å². The highest BCUT2D eigenvalue weighted by Crippen LogP contribution is 2.33. The van der Waals surface area contributed by atoms with E-state index in [-0.39, 0.29) is 18.0 Å². The molecule has 3 nitrogen and oxygen atoms in total. The number of amidine groups is 1. The number of aliphatic imine (C=N–C) groups is 1. The monoisotopic (exact) mass is 234 g/mol. The number of nitrogens with two attached hydrogens (primary N) is 1. The van der Waals surface area contributed by atoms with Gasteiger partial charge in [-0.2, -0.15) is 0 Å². The first-order valence-electron chi connectivity index (χ1n) is 5.95. The molecule has 1 saturated heterocycles. The lowest BCUT2D eigenvalue weighted by Crippen LogP contribution is -2.29. The Balaban J connectivity index is 1.58. The second-order valence-electron chi connectivity index (χ2n) is 4.70. The highest BCUT2D eigenvalue weighted by Gasteiger charge is 2.46. The first-order valence-corrected chi connectivity index (χ1v) is 5.95. The molecule has 2 aliphatic rings. The zero-order valence-corrected chi connectivity index (χ0v) is 9.47. The zero-order chi connectivity index (χ0) is 11.8. The van der Waals surface area contributed by atoms with E-state index >= 15 is 0 Å². The maximum atomic E-state index is 12.7. The number of benzene rings is 1. The summed E-state index contributed by atoms with van der Waals surface area (Å²) in [6, 6.07) is 6.88. The topological polar surface area (TPSA) is 50.9 Å². The Bertz CT molecular complexity index is 443. The summed E-state index contributed by atoms with van der Waals surface area (Å²) in [5.74, 6) is 0.452. The summed E-state index contributed by atoms with van der Waals surface area (Å²) >= 11 is 0. The molecule has 1 aromatic rings. The van der Waals surface area contributed by atoms with Crippen LogP contribution in [0.2, 0.25) is 0 Å². The van der Waals surface area contributed by atoms with E-state index in [1.165, 1.54) is 12.1 Å². The molecule has 1 fully saturated rings. The fraction of sp³-hybridized carbons (Fsp3) is 0.462. The molecule has 0 bridgehead atoms. The number of nitrogens with zero attached hydrogens (tertiary/aromatic N) is 1. The van der Waals surface area contributed by atoms with Gasteiger partial charge in [-0.25, -0.2) is 4.39 Å². The van der Waals surface area contributed by atoms with Crippen molar-refractivity contribution in [3.63, 3.8) is 0 Å². The molecule has 4 heteroatoms. The normalized spacial score (nSPS) is 30.6. The van der Waals surface area contributed by atoms with Crippen LogP contribution in [0.4, 0.5) is 4.39 Å². The number of epoxide rings is 1. The van der Waals surface area contributed by atoms with Crippen LogP contribution in [-0.2, 0) is 11.2 Å². The van der Waals surface area contributed by atoms with E-state index in [1.807, 2.05) is 12.1 Å². The Morgan fingerprint density at radius 1 is 1.35 bits per heavy atom. The molecule has 3 atom stereocenters. The number of fused-ring (bicyclic) bond motifs is 1. The van der Waals surface area contributed by atoms with Gasteiger partial charge in [-0.3, -0.25) is 4.99 Å². The van der Waals surface area contributed by atoms with E-state index in [0.717, 1.165) is 24.8 Å². The Labute approximate surface area is 99.5 Å². The third-order valence-corrected chi connectivity index (χ3v) is 3.39.